The Hall–Kier alpha value is -3.08. The molecule has 2 saturated heterocycles. The van der Waals surface area contributed by atoms with Gasteiger partial charge in [0, 0.05) is 6.42 Å². The first-order chi connectivity index (χ1) is 13.5. The van der Waals surface area contributed by atoms with Crippen LogP contribution in [0, 0.1) is 56.2 Å². The number of nitrogens with one attached hydrogen (secondary N) is 1. The molecule has 1 saturated carbocycles. The lowest BCUT2D eigenvalue weighted by molar-refractivity contribution is -0.284. The first kappa shape index (κ1) is 18.3. The maximum absolute atomic E-state index is 10.3. The molecule has 28 heavy (non-hydrogen) atoms. The summed E-state index contributed by atoms with van der Waals surface area (Å²) >= 11 is 0. The predicted octanol–water partition coefficient (Wildman–Crippen LogP) is 3.59. The largest absolute Gasteiger partial charge is 0.497 e. The van der Waals surface area contributed by atoms with Crippen molar-refractivity contribution in [2.75, 3.05) is 7.11 Å². The van der Waals surface area contributed by atoms with Crippen molar-refractivity contribution in [2.24, 2.45) is 16.7 Å². The van der Waals surface area contributed by atoms with Crippen LogP contribution in [0.25, 0.3) is 0 Å². The Morgan fingerprint density at radius 2 is 1.79 bits per heavy atom. The van der Waals surface area contributed by atoms with Crippen LogP contribution in [0.3, 0.4) is 0 Å². The molecule has 7 heteroatoms. The van der Waals surface area contributed by atoms with Gasteiger partial charge in [-0.05, 0) is 30.5 Å². The number of hydrogen-bond donors (Lipinski definition) is 1. The van der Waals surface area contributed by atoms with Gasteiger partial charge >= 0.3 is 0 Å². The Morgan fingerprint density at radius 1 is 1.07 bits per heavy atom. The number of hydrogen-bond acceptors (Lipinski definition) is 7. The molecule has 2 aliphatic heterocycles. The second-order valence-corrected chi connectivity index (χ2v) is 7.62. The molecular weight excluding hydrogens is 356 g/mol. The molecule has 7 nitrogen and oxygen atoms in total. The molecule has 4 rings (SSSR count). The Labute approximate surface area is 163 Å². The summed E-state index contributed by atoms with van der Waals surface area (Å²) in [4.78, 5) is 0. The average molecular weight is 376 g/mol. The number of methoxy groups -OCH3 is 1. The Morgan fingerprint density at radius 3 is 2.39 bits per heavy atom. The van der Waals surface area contributed by atoms with Gasteiger partial charge in [0.25, 0.3) is 0 Å². The third-order valence-electron chi connectivity index (χ3n) is 6.48. The fourth-order valence-corrected chi connectivity index (χ4v) is 5.12. The molecule has 1 N–H and O–H groups in total. The molecule has 1 aromatic rings. The summed E-state index contributed by atoms with van der Waals surface area (Å²) in [5.41, 5.74) is -2.96. The van der Waals surface area contributed by atoms with Gasteiger partial charge in [0.2, 0.25) is 17.1 Å². The second kappa shape index (κ2) is 6.23. The van der Waals surface area contributed by atoms with E-state index < -0.39 is 28.6 Å². The fraction of sp³-hybridized carbons (Fsp3) is 0.524. The van der Waals surface area contributed by atoms with E-state index in [9.17, 15) is 15.8 Å². The highest BCUT2D eigenvalue weighted by atomic mass is 16.7. The van der Waals surface area contributed by atoms with E-state index in [1.54, 1.807) is 31.4 Å². The first-order valence-corrected chi connectivity index (χ1v) is 9.37. The van der Waals surface area contributed by atoms with Crippen LogP contribution in [0.2, 0.25) is 0 Å². The van der Waals surface area contributed by atoms with Gasteiger partial charge in [-0.15, -0.1) is 0 Å². The Balaban J connectivity index is 1.96. The maximum Gasteiger partial charge on any atom is 0.217 e. The maximum atomic E-state index is 10.3. The quantitative estimate of drug-likeness (QED) is 0.841. The summed E-state index contributed by atoms with van der Waals surface area (Å²) < 4.78 is 17.5. The van der Waals surface area contributed by atoms with Gasteiger partial charge in [0.05, 0.1) is 31.2 Å². The summed E-state index contributed by atoms with van der Waals surface area (Å²) in [5, 5.41) is 39.2. The molecule has 3 aliphatic rings. The molecule has 4 atom stereocenters. The monoisotopic (exact) mass is 376 g/mol. The molecule has 0 spiro atoms. The fourth-order valence-electron chi connectivity index (χ4n) is 5.12. The molecule has 0 aromatic heterocycles. The summed E-state index contributed by atoms with van der Waals surface area (Å²) in [7, 11) is 1.55. The van der Waals surface area contributed by atoms with Crippen LogP contribution in [0.5, 0.6) is 5.75 Å². The van der Waals surface area contributed by atoms with Crippen LogP contribution in [0.4, 0.5) is 0 Å². The Bertz CT molecular complexity index is 924. The van der Waals surface area contributed by atoms with E-state index in [-0.39, 0.29) is 5.90 Å². The molecule has 0 radical (unpaired) electrons. The van der Waals surface area contributed by atoms with Crippen molar-refractivity contribution in [1.82, 2.24) is 0 Å². The van der Waals surface area contributed by atoms with Crippen molar-refractivity contribution in [1.29, 1.82) is 21.2 Å². The van der Waals surface area contributed by atoms with E-state index in [1.807, 2.05) is 0 Å². The van der Waals surface area contributed by atoms with E-state index in [1.165, 1.54) is 0 Å². The standard InChI is InChI=1S/C21H20N4O3/c1-26-15-8-6-14(7-9-15)17-19(11-22,12-23)20(13-24)16-5-3-2-4-10-21(16,27-17)28-18(20)25/h6-9,16-17,25H,2-5,10H2,1H3/t16-,17+,20+,21-/m1/s1. The van der Waals surface area contributed by atoms with Crippen molar-refractivity contribution in [3.05, 3.63) is 29.8 Å². The Kier molecular flexibility index (Phi) is 4.07. The second-order valence-electron chi connectivity index (χ2n) is 7.62. The molecule has 142 valence electrons. The van der Waals surface area contributed by atoms with Gasteiger partial charge in [-0.25, -0.2) is 0 Å². The van der Waals surface area contributed by atoms with E-state index in [2.05, 4.69) is 18.2 Å². The molecule has 0 amide bonds. The van der Waals surface area contributed by atoms with Gasteiger partial charge in [0.15, 0.2) is 5.41 Å². The molecule has 1 aromatic carbocycles. The number of rotatable bonds is 2. The summed E-state index contributed by atoms with van der Waals surface area (Å²) in [5.74, 6) is -1.35. The minimum atomic E-state index is -1.89. The number of nitrogens with zero attached hydrogens (tertiary/aromatic N) is 3. The summed E-state index contributed by atoms with van der Waals surface area (Å²) in [6, 6.07) is 13.3. The molecule has 0 unspecified atom stereocenters. The van der Waals surface area contributed by atoms with Crippen molar-refractivity contribution >= 4 is 5.90 Å². The van der Waals surface area contributed by atoms with Gasteiger partial charge < -0.3 is 14.2 Å². The average Bonchev–Trinajstić information content (AvgIpc) is 2.86. The molecule has 2 bridgehead atoms. The third-order valence-corrected chi connectivity index (χ3v) is 6.48. The van der Waals surface area contributed by atoms with Crippen LogP contribution in [0.1, 0.15) is 43.8 Å². The molecule has 3 fully saturated rings. The topological polar surface area (TPSA) is 123 Å². The van der Waals surface area contributed by atoms with Crippen molar-refractivity contribution in [3.8, 4) is 24.0 Å². The van der Waals surface area contributed by atoms with E-state index >= 15 is 0 Å². The highest BCUT2D eigenvalue weighted by Crippen LogP contribution is 2.68. The highest BCUT2D eigenvalue weighted by molar-refractivity contribution is 5.89. The molecule has 1 aliphatic carbocycles. The highest BCUT2D eigenvalue weighted by Gasteiger charge is 2.80. The van der Waals surface area contributed by atoms with E-state index in [4.69, 9.17) is 19.6 Å². The normalized spacial score (nSPS) is 35.3. The predicted molar refractivity (Wildman–Crippen MR) is 96.6 cm³/mol. The van der Waals surface area contributed by atoms with E-state index in [0.717, 1.165) is 19.3 Å². The van der Waals surface area contributed by atoms with Crippen LogP contribution in [-0.4, -0.2) is 18.8 Å². The lowest BCUT2D eigenvalue weighted by atomic mass is 9.52. The van der Waals surface area contributed by atoms with Crippen LogP contribution in [-0.2, 0) is 9.47 Å². The minimum Gasteiger partial charge on any atom is -0.497 e. The number of nitriles is 3. The van der Waals surface area contributed by atoms with Crippen molar-refractivity contribution in [2.45, 2.75) is 44.0 Å². The zero-order valence-electron chi connectivity index (χ0n) is 15.6. The lowest BCUT2D eigenvalue weighted by Crippen LogP contribution is -2.59. The van der Waals surface area contributed by atoms with Crippen LogP contribution < -0.4 is 4.74 Å². The lowest BCUT2D eigenvalue weighted by Gasteiger charge is -2.49. The van der Waals surface area contributed by atoms with Crippen LogP contribution >= 0.6 is 0 Å². The van der Waals surface area contributed by atoms with E-state index in [0.29, 0.717) is 24.2 Å². The third kappa shape index (κ3) is 2.02. The van der Waals surface area contributed by atoms with Gasteiger partial charge in [-0.3, -0.25) is 5.41 Å². The first-order valence-electron chi connectivity index (χ1n) is 9.37. The molecule has 2 heterocycles. The zero-order chi connectivity index (χ0) is 20.0. The minimum absolute atomic E-state index is 0.319. The van der Waals surface area contributed by atoms with Gasteiger partial charge in [-0.2, -0.15) is 15.8 Å². The number of ether oxygens (including phenoxy) is 3. The van der Waals surface area contributed by atoms with Crippen molar-refractivity contribution < 1.29 is 14.2 Å². The van der Waals surface area contributed by atoms with Gasteiger partial charge in [-0.1, -0.05) is 25.0 Å². The van der Waals surface area contributed by atoms with Crippen molar-refractivity contribution in [3.63, 3.8) is 0 Å². The molecular formula is C21H20N4O3. The van der Waals surface area contributed by atoms with Crippen LogP contribution in [0.15, 0.2) is 24.3 Å². The summed E-state index contributed by atoms with van der Waals surface area (Å²) in [6.45, 7) is 0. The number of benzene rings is 1. The van der Waals surface area contributed by atoms with Gasteiger partial charge in [0.1, 0.15) is 11.9 Å². The zero-order valence-corrected chi connectivity index (χ0v) is 15.6. The SMILES string of the molecule is COc1ccc([C@@H]2O[C@@]34CCCCC[C@@H]3[C@@](C#N)(C(=N)O4)C2(C#N)C#N)cc1. The summed E-state index contributed by atoms with van der Waals surface area (Å²) in [6.07, 6.45) is 2.74. The smallest absolute Gasteiger partial charge is 0.217 e.